The van der Waals surface area contributed by atoms with E-state index in [0.717, 1.165) is 11.1 Å². The number of aliphatic carboxylic acids is 1. The number of aryl methyl sites for hydroxylation is 1. The molecule has 0 radical (unpaired) electrons. The number of amides is 2. The minimum absolute atomic E-state index is 0.0499. The van der Waals surface area contributed by atoms with Gasteiger partial charge in [0.15, 0.2) is 0 Å². The lowest BCUT2D eigenvalue weighted by Gasteiger charge is -2.27. The Morgan fingerprint density at radius 3 is 2.65 bits per heavy atom. The van der Waals surface area contributed by atoms with Crippen molar-refractivity contribution in [3.05, 3.63) is 35.4 Å². The Labute approximate surface area is 119 Å². The van der Waals surface area contributed by atoms with E-state index in [0.29, 0.717) is 13.1 Å². The minimum Gasteiger partial charge on any atom is -0.481 e. The van der Waals surface area contributed by atoms with Crippen LogP contribution >= 0.6 is 0 Å². The molecule has 2 amide bonds. The van der Waals surface area contributed by atoms with Gasteiger partial charge in [-0.25, -0.2) is 4.79 Å². The second kappa shape index (κ2) is 7.53. The average Bonchev–Trinajstić information content (AvgIpc) is 2.36. The van der Waals surface area contributed by atoms with E-state index >= 15 is 0 Å². The Bertz CT molecular complexity index is 474. The lowest BCUT2D eigenvalue weighted by Crippen LogP contribution is -2.45. The number of nitrogens with one attached hydrogen (secondary N) is 1. The molecule has 1 aromatic rings. The summed E-state index contributed by atoms with van der Waals surface area (Å²) in [5, 5.41) is 11.6. The summed E-state index contributed by atoms with van der Waals surface area (Å²) in [6, 6.07) is 7.35. The Kier molecular flexibility index (Phi) is 6.03. The quantitative estimate of drug-likeness (QED) is 0.839. The van der Waals surface area contributed by atoms with E-state index in [4.69, 9.17) is 5.11 Å². The number of carboxylic acids is 1. The van der Waals surface area contributed by atoms with E-state index in [1.54, 1.807) is 6.92 Å². The number of carboxylic acid groups (broad SMARTS) is 1. The van der Waals surface area contributed by atoms with E-state index in [9.17, 15) is 9.59 Å². The fraction of sp³-hybridized carbons (Fsp3) is 0.467. The van der Waals surface area contributed by atoms with Crippen LogP contribution in [-0.2, 0) is 11.3 Å². The number of hydrogen-bond donors (Lipinski definition) is 2. The lowest BCUT2D eigenvalue weighted by molar-refractivity contribution is -0.138. The average molecular weight is 278 g/mol. The van der Waals surface area contributed by atoms with Crippen molar-refractivity contribution in [1.82, 2.24) is 10.2 Å². The standard InChI is InChI=1S/C15H22N2O3/c1-4-17(12(3)9-14(18)19)15(20)16-10-13-7-5-6-11(2)8-13/h5-8,12H,4,9-10H2,1-3H3,(H,16,20)(H,18,19). The molecule has 0 bridgehead atoms. The first-order valence-corrected chi connectivity index (χ1v) is 6.75. The minimum atomic E-state index is -0.901. The Morgan fingerprint density at radius 1 is 1.40 bits per heavy atom. The highest BCUT2D eigenvalue weighted by molar-refractivity contribution is 5.75. The van der Waals surface area contributed by atoms with Crippen molar-refractivity contribution in [2.24, 2.45) is 0 Å². The van der Waals surface area contributed by atoms with Gasteiger partial charge in [0.1, 0.15) is 0 Å². The topological polar surface area (TPSA) is 69.6 Å². The molecule has 0 saturated carbocycles. The molecule has 0 aromatic heterocycles. The van der Waals surface area contributed by atoms with Crippen molar-refractivity contribution in [3.8, 4) is 0 Å². The largest absolute Gasteiger partial charge is 0.481 e. The van der Waals surface area contributed by atoms with Gasteiger partial charge in [0.25, 0.3) is 0 Å². The molecule has 110 valence electrons. The van der Waals surface area contributed by atoms with E-state index in [-0.39, 0.29) is 18.5 Å². The molecule has 5 nitrogen and oxygen atoms in total. The van der Waals surface area contributed by atoms with Crippen molar-refractivity contribution in [1.29, 1.82) is 0 Å². The van der Waals surface area contributed by atoms with Crippen LogP contribution in [0.4, 0.5) is 4.79 Å². The second-order valence-electron chi connectivity index (χ2n) is 4.88. The van der Waals surface area contributed by atoms with Gasteiger partial charge in [0.05, 0.1) is 6.42 Å². The van der Waals surface area contributed by atoms with Crippen LogP contribution in [0.2, 0.25) is 0 Å². The molecule has 0 aliphatic carbocycles. The highest BCUT2D eigenvalue weighted by Gasteiger charge is 2.20. The Balaban J connectivity index is 2.57. The van der Waals surface area contributed by atoms with Crippen LogP contribution in [0.15, 0.2) is 24.3 Å². The first kappa shape index (κ1) is 16.0. The maximum atomic E-state index is 12.1. The van der Waals surface area contributed by atoms with Crippen molar-refractivity contribution < 1.29 is 14.7 Å². The molecule has 1 atom stereocenters. The van der Waals surface area contributed by atoms with Gasteiger partial charge in [-0.2, -0.15) is 0 Å². The van der Waals surface area contributed by atoms with Crippen LogP contribution in [0.5, 0.6) is 0 Å². The van der Waals surface area contributed by atoms with E-state index < -0.39 is 5.97 Å². The van der Waals surface area contributed by atoms with Crippen LogP contribution in [0.1, 0.15) is 31.4 Å². The van der Waals surface area contributed by atoms with Gasteiger partial charge in [-0.05, 0) is 26.3 Å². The zero-order chi connectivity index (χ0) is 15.1. The highest BCUT2D eigenvalue weighted by atomic mass is 16.4. The van der Waals surface area contributed by atoms with Crippen LogP contribution in [-0.4, -0.2) is 34.6 Å². The van der Waals surface area contributed by atoms with Crippen LogP contribution < -0.4 is 5.32 Å². The van der Waals surface area contributed by atoms with E-state index in [1.807, 2.05) is 38.1 Å². The lowest BCUT2D eigenvalue weighted by atomic mass is 10.1. The number of rotatable bonds is 6. The first-order chi connectivity index (χ1) is 9.43. The molecule has 1 aromatic carbocycles. The maximum Gasteiger partial charge on any atom is 0.317 e. The van der Waals surface area contributed by atoms with Gasteiger partial charge in [0.2, 0.25) is 0 Å². The van der Waals surface area contributed by atoms with Crippen LogP contribution in [0, 0.1) is 6.92 Å². The molecule has 2 N–H and O–H groups in total. The zero-order valence-corrected chi connectivity index (χ0v) is 12.2. The van der Waals surface area contributed by atoms with Crippen LogP contribution in [0.3, 0.4) is 0 Å². The second-order valence-corrected chi connectivity index (χ2v) is 4.88. The molecule has 20 heavy (non-hydrogen) atoms. The SMILES string of the molecule is CCN(C(=O)NCc1cccc(C)c1)C(C)CC(=O)O. The summed E-state index contributed by atoms with van der Waals surface area (Å²) in [6.45, 7) is 6.50. The molecular formula is C15H22N2O3. The third-order valence-electron chi connectivity index (χ3n) is 3.13. The summed E-state index contributed by atoms with van der Waals surface area (Å²) in [5.74, 6) is -0.901. The third kappa shape index (κ3) is 4.91. The van der Waals surface area contributed by atoms with Gasteiger partial charge in [-0.15, -0.1) is 0 Å². The van der Waals surface area contributed by atoms with Crippen LogP contribution in [0.25, 0.3) is 0 Å². The number of urea groups is 1. The normalized spacial score (nSPS) is 11.8. The number of nitrogens with zero attached hydrogens (tertiary/aromatic N) is 1. The molecule has 0 saturated heterocycles. The van der Waals surface area contributed by atoms with Gasteiger partial charge >= 0.3 is 12.0 Å². The van der Waals surface area contributed by atoms with Crippen molar-refractivity contribution in [2.45, 2.75) is 39.8 Å². The molecule has 0 aliphatic heterocycles. The summed E-state index contributed by atoms with van der Waals surface area (Å²) in [7, 11) is 0. The molecule has 0 fully saturated rings. The van der Waals surface area contributed by atoms with Gasteiger partial charge in [0, 0.05) is 19.1 Å². The van der Waals surface area contributed by atoms with Crippen molar-refractivity contribution >= 4 is 12.0 Å². The molecule has 5 heteroatoms. The maximum absolute atomic E-state index is 12.1. The summed E-state index contributed by atoms with van der Waals surface area (Å²) in [5.41, 5.74) is 2.17. The molecule has 1 unspecified atom stereocenters. The Hall–Kier alpha value is -2.04. The predicted molar refractivity (Wildman–Crippen MR) is 77.5 cm³/mol. The van der Waals surface area contributed by atoms with Crippen molar-refractivity contribution in [3.63, 3.8) is 0 Å². The molecule has 0 aliphatic rings. The number of carbonyl (C=O) groups is 2. The fourth-order valence-corrected chi connectivity index (χ4v) is 2.12. The molecule has 1 rings (SSSR count). The highest BCUT2D eigenvalue weighted by Crippen LogP contribution is 2.06. The summed E-state index contributed by atoms with van der Waals surface area (Å²) < 4.78 is 0. The smallest absolute Gasteiger partial charge is 0.317 e. The molecule has 0 heterocycles. The van der Waals surface area contributed by atoms with E-state index in [2.05, 4.69) is 5.32 Å². The first-order valence-electron chi connectivity index (χ1n) is 6.75. The Morgan fingerprint density at radius 2 is 2.10 bits per heavy atom. The van der Waals surface area contributed by atoms with Gasteiger partial charge < -0.3 is 15.3 Å². The van der Waals surface area contributed by atoms with Gasteiger partial charge in [-0.1, -0.05) is 29.8 Å². The molecule has 0 spiro atoms. The summed E-state index contributed by atoms with van der Waals surface area (Å²) in [4.78, 5) is 24.3. The third-order valence-corrected chi connectivity index (χ3v) is 3.13. The monoisotopic (exact) mass is 278 g/mol. The fourth-order valence-electron chi connectivity index (χ4n) is 2.12. The zero-order valence-electron chi connectivity index (χ0n) is 12.2. The molecular weight excluding hydrogens is 256 g/mol. The predicted octanol–water partition coefficient (Wildman–Crippen LogP) is 2.39. The summed E-state index contributed by atoms with van der Waals surface area (Å²) >= 11 is 0. The number of carbonyl (C=O) groups excluding carboxylic acids is 1. The number of benzene rings is 1. The van der Waals surface area contributed by atoms with Crippen molar-refractivity contribution in [2.75, 3.05) is 6.54 Å². The summed E-state index contributed by atoms with van der Waals surface area (Å²) in [6.07, 6.45) is -0.0499. The number of hydrogen-bond acceptors (Lipinski definition) is 2. The van der Waals surface area contributed by atoms with Gasteiger partial charge in [-0.3, -0.25) is 4.79 Å². The van der Waals surface area contributed by atoms with E-state index in [1.165, 1.54) is 4.90 Å².